The number of carboxylic acid groups (broad SMARTS) is 1. The van der Waals surface area contributed by atoms with Crippen molar-refractivity contribution < 1.29 is 14.3 Å². The van der Waals surface area contributed by atoms with Crippen LogP contribution in [-0.4, -0.2) is 17.1 Å². The van der Waals surface area contributed by atoms with E-state index in [-0.39, 0.29) is 5.56 Å². The minimum atomic E-state index is -0.919. The third kappa shape index (κ3) is 3.35. The minimum Gasteiger partial charge on any atom is -0.478 e. The van der Waals surface area contributed by atoms with Crippen LogP contribution in [0.15, 0.2) is 10.5 Å². The third-order valence-electron chi connectivity index (χ3n) is 3.62. The third-order valence-corrected chi connectivity index (χ3v) is 3.62. The van der Waals surface area contributed by atoms with Crippen LogP contribution in [0.25, 0.3) is 0 Å². The molecular formula is C14H21NO3. The van der Waals surface area contributed by atoms with Gasteiger partial charge in [-0.05, 0) is 25.8 Å². The SMILES string of the molecule is Cc1oc(CNC2CCCCCC2)cc1C(=O)O. The van der Waals surface area contributed by atoms with Gasteiger partial charge in [0.1, 0.15) is 17.1 Å². The van der Waals surface area contributed by atoms with Crippen molar-refractivity contribution in [3.63, 3.8) is 0 Å². The molecule has 0 unspecified atom stereocenters. The summed E-state index contributed by atoms with van der Waals surface area (Å²) in [6.07, 6.45) is 7.67. The molecule has 0 aromatic carbocycles. The van der Waals surface area contributed by atoms with E-state index in [1.165, 1.54) is 38.5 Å². The first kappa shape index (κ1) is 13.1. The smallest absolute Gasteiger partial charge is 0.339 e. The van der Waals surface area contributed by atoms with E-state index in [1.54, 1.807) is 13.0 Å². The number of hydrogen-bond donors (Lipinski definition) is 2. The molecule has 1 aliphatic carbocycles. The predicted molar refractivity (Wildman–Crippen MR) is 68.7 cm³/mol. The zero-order valence-electron chi connectivity index (χ0n) is 10.9. The Morgan fingerprint density at radius 3 is 2.61 bits per heavy atom. The lowest BCUT2D eigenvalue weighted by molar-refractivity contribution is 0.0695. The largest absolute Gasteiger partial charge is 0.478 e. The first-order valence-corrected chi connectivity index (χ1v) is 6.73. The summed E-state index contributed by atoms with van der Waals surface area (Å²) in [4.78, 5) is 10.9. The zero-order valence-corrected chi connectivity index (χ0v) is 10.9. The molecule has 0 aliphatic heterocycles. The molecule has 4 nitrogen and oxygen atoms in total. The van der Waals surface area contributed by atoms with Crippen LogP contribution in [-0.2, 0) is 6.54 Å². The highest BCUT2D eigenvalue weighted by molar-refractivity contribution is 5.88. The van der Waals surface area contributed by atoms with Gasteiger partial charge in [0.05, 0.1) is 6.54 Å². The van der Waals surface area contributed by atoms with Gasteiger partial charge in [-0.25, -0.2) is 4.79 Å². The normalized spacial score (nSPS) is 17.6. The van der Waals surface area contributed by atoms with Crippen molar-refractivity contribution in [1.82, 2.24) is 5.32 Å². The molecule has 1 aromatic heterocycles. The number of rotatable bonds is 4. The monoisotopic (exact) mass is 251 g/mol. The first-order chi connectivity index (χ1) is 8.66. The number of carboxylic acids is 1. The minimum absolute atomic E-state index is 0.271. The van der Waals surface area contributed by atoms with E-state index in [1.807, 2.05) is 0 Å². The molecule has 1 aromatic rings. The van der Waals surface area contributed by atoms with Crippen molar-refractivity contribution >= 4 is 5.97 Å². The van der Waals surface area contributed by atoms with Crippen LogP contribution in [0.3, 0.4) is 0 Å². The number of hydrogen-bond acceptors (Lipinski definition) is 3. The molecule has 2 N–H and O–H groups in total. The summed E-state index contributed by atoms with van der Waals surface area (Å²) >= 11 is 0. The lowest BCUT2D eigenvalue weighted by atomic mass is 10.1. The van der Waals surface area contributed by atoms with Crippen LogP contribution in [0, 0.1) is 6.92 Å². The molecule has 1 saturated carbocycles. The predicted octanol–water partition coefficient (Wildman–Crippen LogP) is 3.10. The van der Waals surface area contributed by atoms with Gasteiger partial charge in [0.25, 0.3) is 0 Å². The maximum Gasteiger partial charge on any atom is 0.339 e. The molecule has 0 bridgehead atoms. The Kier molecular flexibility index (Phi) is 4.42. The molecule has 0 saturated heterocycles. The average Bonchev–Trinajstić information content (AvgIpc) is 2.55. The van der Waals surface area contributed by atoms with E-state index >= 15 is 0 Å². The molecule has 1 fully saturated rings. The second kappa shape index (κ2) is 6.05. The fourth-order valence-electron chi connectivity index (χ4n) is 2.57. The lowest BCUT2D eigenvalue weighted by Gasteiger charge is -2.14. The molecule has 1 heterocycles. The second-order valence-electron chi connectivity index (χ2n) is 5.06. The number of nitrogens with one attached hydrogen (secondary N) is 1. The van der Waals surface area contributed by atoms with Gasteiger partial charge in [0, 0.05) is 6.04 Å². The van der Waals surface area contributed by atoms with Gasteiger partial charge in [-0.1, -0.05) is 25.7 Å². The molecule has 100 valence electrons. The lowest BCUT2D eigenvalue weighted by Crippen LogP contribution is -2.27. The average molecular weight is 251 g/mol. The van der Waals surface area contributed by atoms with E-state index in [0.29, 0.717) is 24.1 Å². The summed E-state index contributed by atoms with van der Waals surface area (Å²) in [5.74, 6) is 0.284. The molecule has 0 radical (unpaired) electrons. The number of aromatic carboxylic acids is 1. The van der Waals surface area contributed by atoms with Gasteiger partial charge in [0.15, 0.2) is 0 Å². The number of carbonyl (C=O) groups is 1. The fraction of sp³-hybridized carbons (Fsp3) is 0.643. The van der Waals surface area contributed by atoms with Gasteiger partial charge in [-0.2, -0.15) is 0 Å². The fourth-order valence-corrected chi connectivity index (χ4v) is 2.57. The Bertz CT molecular complexity index is 403. The Labute approximate surface area is 107 Å². The molecule has 0 atom stereocenters. The molecular weight excluding hydrogens is 230 g/mol. The Balaban J connectivity index is 1.89. The Hall–Kier alpha value is -1.29. The van der Waals surface area contributed by atoms with Crippen LogP contribution < -0.4 is 5.32 Å². The van der Waals surface area contributed by atoms with E-state index in [9.17, 15) is 4.79 Å². The molecule has 2 rings (SSSR count). The van der Waals surface area contributed by atoms with Crippen LogP contribution in [0.5, 0.6) is 0 Å². The van der Waals surface area contributed by atoms with Gasteiger partial charge >= 0.3 is 5.97 Å². The second-order valence-corrected chi connectivity index (χ2v) is 5.06. The van der Waals surface area contributed by atoms with Crippen molar-refractivity contribution in [3.8, 4) is 0 Å². The van der Waals surface area contributed by atoms with Crippen molar-refractivity contribution in [2.45, 2.75) is 58.0 Å². The summed E-state index contributed by atoms with van der Waals surface area (Å²) in [6, 6.07) is 2.17. The quantitative estimate of drug-likeness (QED) is 0.807. The summed E-state index contributed by atoms with van der Waals surface area (Å²) in [7, 11) is 0. The van der Waals surface area contributed by atoms with E-state index in [4.69, 9.17) is 9.52 Å². The summed E-state index contributed by atoms with van der Waals surface area (Å²) in [5, 5.41) is 12.4. The molecule has 18 heavy (non-hydrogen) atoms. The van der Waals surface area contributed by atoms with E-state index < -0.39 is 5.97 Å². The summed E-state index contributed by atoms with van der Waals surface area (Å²) in [5.41, 5.74) is 0.271. The number of furan rings is 1. The van der Waals surface area contributed by atoms with Gasteiger partial charge in [0.2, 0.25) is 0 Å². The van der Waals surface area contributed by atoms with Crippen molar-refractivity contribution in [2.75, 3.05) is 0 Å². The van der Waals surface area contributed by atoms with Gasteiger partial charge in [-0.3, -0.25) is 0 Å². The van der Waals surface area contributed by atoms with Crippen LogP contribution in [0.4, 0.5) is 0 Å². The van der Waals surface area contributed by atoms with Crippen LogP contribution in [0.1, 0.15) is 60.4 Å². The first-order valence-electron chi connectivity index (χ1n) is 6.73. The summed E-state index contributed by atoms with van der Waals surface area (Å²) < 4.78 is 5.45. The van der Waals surface area contributed by atoms with Crippen LogP contribution in [0.2, 0.25) is 0 Å². The molecule has 1 aliphatic rings. The summed E-state index contributed by atoms with van der Waals surface area (Å²) in [6.45, 7) is 2.32. The zero-order chi connectivity index (χ0) is 13.0. The Morgan fingerprint density at radius 2 is 2.06 bits per heavy atom. The Morgan fingerprint density at radius 1 is 1.39 bits per heavy atom. The molecule has 4 heteroatoms. The van der Waals surface area contributed by atoms with Gasteiger partial charge in [-0.15, -0.1) is 0 Å². The van der Waals surface area contributed by atoms with Crippen molar-refractivity contribution in [3.05, 3.63) is 23.2 Å². The number of aryl methyl sites for hydroxylation is 1. The highest BCUT2D eigenvalue weighted by atomic mass is 16.4. The highest BCUT2D eigenvalue weighted by Crippen LogP contribution is 2.19. The standard InChI is InChI=1S/C14H21NO3/c1-10-13(14(16)17)8-12(18-10)9-15-11-6-4-2-3-5-7-11/h8,11,15H,2-7,9H2,1H3,(H,16,17). The highest BCUT2D eigenvalue weighted by Gasteiger charge is 2.15. The van der Waals surface area contributed by atoms with E-state index in [0.717, 1.165) is 0 Å². The topological polar surface area (TPSA) is 62.5 Å². The molecule has 0 spiro atoms. The van der Waals surface area contributed by atoms with Crippen LogP contribution >= 0.6 is 0 Å². The van der Waals surface area contributed by atoms with Crippen molar-refractivity contribution in [1.29, 1.82) is 0 Å². The van der Waals surface area contributed by atoms with Gasteiger partial charge < -0.3 is 14.8 Å². The maximum atomic E-state index is 10.9. The maximum absolute atomic E-state index is 10.9. The van der Waals surface area contributed by atoms with E-state index in [2.05, 4.69) is 5.32 Å². The van der Waals surface area contributed by atoms with Crippen molar-refractivity contribution in [2.24, 2.45) is 0 Å². The molecule has 0 amide bonds.